The van der Waals surface area contributed by atoms with Crippen molar-refractivity contribution in [1.29, 1.82) is 0 Å². The van der Waals surface area contributed by atoms with E-state index < -0.39 is 0 Å². The monoisotopic (exact) mass is 426 g/mol. The Bertz CT molecular complexity index is 1210. The van der Waals surface area contributed by atoms with Crippen LogP contribution < -0.4 is 10.2 Å². The Balaban J connectivity index is 1.35. The summed E-state index contributed by atoms with van der Waals surface area (Å²) in [4.78, 5) is 23.8. The van der Waals surface area contributed by atoms with Crippen molar-refractivity contribution in [3.8, 4) is 0 Å². The van der Waals surface area contributed by atoms with Gasteiger partial charge in [-0.1, -0.05) is 31.4 Å². The Morgan fingerprint density at radius 2 is 1.88 bits per heavy atom. The zero-order valence-corrected chi connectivity index (χ0v) is 18.1. The molecule has 1 N–H and O–H groups in total. The second kappa shape index (κ2) is 8.78. The number of aromatic nitrogens is 4. The minimum absolute atomic E-state index is 0.223. The number of nitrogens with one attached hydrogen (secondary N) is 1. The van der Waals surface area contributed by atoms with Gasteiger partial charge in [0.25, 0.3) is 5.91 Å². The number of anilines is 3. The van der Waals surface area contributed by atoms with Crippen molar-refractivity contribution in [2.24, 2.45) is 0 Å². The number of rotatable bonds is 5. The predicted molar refractivity (Wildman–Crippen MR) is 126 cm³/mol. The van der Waals surface area contributed by atoms with Crippen LogP contribution in [0.15, 0.2) is 67.3 Å². The van der Waals surface area contributed by atoms with E-state index in [0.29, 0.717) is 22.9 Å². The lowest BCUT2D eigenvalue weighted by atomic mass is 9.84. The highest BCUT2D eigenvalue weighted by molar-refractivity contribution is 6.08. The zero-order valence-electron chi connectivity index (χ0n) is 18.1. The van der Waals surface area contributed by atoms with Gasteiger partial charge in [0.05, 0.1) is 18.1 Å². The fraction of sp³-hybridized carbons (Fsp3) is 0.280. The van der Waals surface area contributed by atoms with Gasteiger partial charge >= 0.3 is 0 Å². The van der Waals surface area contributed by atoms with Crippen LogP contribution in [0.25, 0.3) is 5.65 Å². The first-order valence-electron chi connectivity index (χ1n) is 11.1. The Kier molecular flexibility index (Phi) is 5.54. The van der Waals surface area contributed by atoms with Gasteiger partial charge < -0.3 is 10.2 Å². The highest BCUT2D eigenvalue weighted by Crippen LogP contribution is 2.33. The van der Waals surface area contributed by atoms with Crippen molar-refractivity contribution in [3.05, 3.63) is 78.4 Å². The lowest BCUT2D eigenvalue weighted by Gasteiger charge is -2.22. The van der Waals surface area contributed by atoms with Crippen molar-refractivity contribution < 1.29 is 4.79 Å². The van der Waals surface area contributed by atoms with Crippen LogP contribution in [0.4, 0.5) is 17.2 Å². The molecule has 0 aliphatic heterocycles. The summed E-state index contributed by atoms with van der Waals surface area (Å²) >= 11 is 0. The number of carbonyl (C=O) groups is 1. The summed E-state index contributed by atoms with van der Waals surface area (Å²) in [5.41, 5.74) is 3.99. The number of nitrogens with zero attached hydrogens (tertiary/aromatic N) is 5. The van der Waals surface area contributed by atoms with Crippen LogP contribution >= 0.6 is 0 Å². The molecule has 0 atom stereocenters. The minimum atomic E-state index is -0.223. The molecule has 5 rings (SSSR count). The molecule has 0 spiro atoms. The second-order valence-electron chi connectivity index (χ2n) is 8.29. The Morgan fingerprint density at radius 1 is 1.06 bits per heavy atom. The summed E-state index contributed by atoms with van der Waals surface area (Å²) in [5, 5.41) is 7.28. The Labute approximate surface area is 187 Å². The standard InChI is InChI=1S/C25H26N6O/c1-30(21-8-5-14-26-16-21)23-13-15-31-24(29-23)22(17-27-31)25(32)28-20-11-9-19(10-12-20)18-6-3-2-4-7-18/h5,8-18H,2-4,6-7H2,1H3,(H,28,32). The Hall–Kier alpha value is -3.74. The van der Waals surface area contributed by atoms with Crippen molar-refractivity contribution in [3.63, 3.8) is 0 Å². The van der Waals surface area contributed by atoms with Crippen LogP contribution in [0.2, 0.25) is 0 Å². The van der Waals surface area contributed by atoms with E-state index in [9.17, 15) is 4.79 Å². The molecule has 7 heteroatoms. The van der Waals surface area contributed by atoms with E-state index in [0.717, 1.165) is 11.4 Å². The van der Waals surface area contributed by atoms with E-state index in [-0.39, 0.29) is 5.91 Å². The maximum atomic E-state index is 13.0. The van der Waals surface area contributed by atoms with Gasteiger partial charge in [0.2, 0.25) is 0 Å². The third-order valence-electron chi connectivity index (χ3n) is 6.22. The molecular weight excluding hydrogens is 400 g/mol. The van der Waals surface area contributed by atoms with Crippen molar-refractivity contribution in [2.45, 2.75) is 38.0 Å². The highest BCUT2D eigenvalue weighted by atomic mass is 16.1. The van der Waals surface area contributed by atoms with Gasteiger partial charge in [-0.3, -0.25) is 9.78 Å². The van der Waals surface area contributed by atoms with Crippen LogP contribution in [-0.4, -0.2) is 32.5 Å². The van der Waals surface area contributed by atoms with E-state index in [1.807, 2.05) is 42.3 Å². The molecule has 1 aromatic carbocycles. The van der Waals surface area contributed by atoms with E-state index in [2.05, 4.69) is 32.5 Å². The summed E-state index contributed by atoms with van der Waals surface area (Å²) in [5.74, 6) is 1.13. The summed E-state index contributed by atoms with van der Waals surface area (Å²) in [6.45, 7) is 0. The number of benzene rings is 1. The number of hydrogen-bond donors (Lipinski definition) is 1. The molecule has 3 aromatic heterocycles. The molecular formula is C25H26N6O. The molecule has 32 heavy (non-hydrogen) atoms. The predicted octanol–water partition coefficient (Wildman–Crippen LogP) is 5.19. The maximum Gasteiger partial charge on any atom is 0.261 e. The summed E-state index contributed by atoms with van der Waals surface area (Å²) in [6, 6.07) is 14.0. The quantitative estimate of drug-likeness (QED) is 0.475. The van der Waals surface area contributed by atoms with Gasteiger partial charge in [-0.2, -0.15) is 5.10 Å². The largest absolute Gasteiger partial charge is 0.328 e. The smallest absolute Gasteiger partial charge is 0.261 e. The maximum absolute atomic E-state index is 13.0. The molecule has 0 saturated heterocycles. The molecule has 1 amide bonds. The van der Waals surface area contributed by atoms with Crippen LogP contribution in [0.1, 0.15) is 53.9 Å². The second-order valence-corrected chi connectivity index (χ2v) is 8.29. The van der Waals surface area contributed by atoms with Crippen molar-refractivity contribution in [2.75, 3.05) is 17.3 Å². The van der Waals surface area contributed by atoms with Crippen LogP contribution in [0.3, 0.4) is 0 Å². The first kappa shape index (κ1) is 20.2. The average molecular weight is 427 g/mol. The number of pyridine rings is 1. The summed E-state index contributed by atoms with van der Waals surface area (Å²) in [6.07, 6.45) is 13.3. The van der Waals surface area contributed by atoms with Gasteiger partial charge in [-0.25, -0.2) is 9.50 Å². The zero-order chi connectivity index (χ0) is 21.9. The highest BCUT2D eigenvalue weighted by Gasteiger charge is 2.18. The van der Waals surface area contributed by atoms with Gasteiger partial charge in [0, 0.05) is 25.1 Å². The van der Waals surface area contributed by atoms with Crippen LogP contribution in [-0.2, 0) is 0 Å². The minimum Gasteiger partial charge on any atom is -0.328 e. The molecule has 162 valence electrons. The summed E-state index contributed by atoms with van der Waals surface area (Å²) < 4.78 is 1.61. The topological polar surface area (TPSA) is 75.4 Å². The molecule has 0 radical (unpaired) electrons. The average Bonchev–Trinajstić information content (AvgIpc) is 3.29. The molecule has 7 nitrogen and oxygen atoms in total. The van der Waals surface area contributed by atoms with Crippen LogP contribution in [0.5, 0.6) is 0 Å². The molecule has 1 aliphatic rings. The van der Waals surface area contributed by atoms with Crippen LogP contribution in [0, 0.1) is 0 Å². The molecule has 1 aliphatic carbocycles. The summed E-state index contributed by atoms with van der Waals surface area (Å²) in [7, 11) is 1.92. The number of carbonyl (C=O) groups excluding carboxylic acids is 1. The molecule has 0 bridgehead atoms. The lowest BCUT2D eigenvalue weighted by molar-refractivity contribution is 0.102. The fourth-order valence-corrected chi connectivity index (χ4v) is 4.36. The van der Waals surface area contributed by atoms with Gasteiger partial charge in [-0.15, -0.1) is 0 Å². The number of fused-ring (bicyclic) bond motifs is 1. The molecule has 0 unspecified atom stereocenters. The third kappa shape index (κ3) is 4.06. The molecule has 1 fully saturated rings. The number of amides is 1. The van der Waals surface area contributed by atoms with E-state index in [1.54, 1.807) is 29.3 Å². The lowest BCUT2D eigenvalue weighted by Crippen LogP contribution is -2.14. The third-order valence-corrected chi connectivity index (χ3v) is 6.22. The van der Waals surface area contributed by atoms with E-state index in [1.165, 1.54) is 37.7 Å². The van der Waals surface area contributed by atoms with Gasteiger partial charge in [0.1, 0.15) is 11.4 Å². The van der Waals surface area contributed by atoms with E-state index >= 15 is 0 Å². The van der Waals surface area contributed by atoms with Crippen molar-refractivity contribution >= 4 is 28.7 Å². The molecule has 1 saturated carbocycles. The van der Waals surface area contributed by atoms with Crippen molar-refractivity contribution in [1.82, 2.24) is 19.6 Å². The number of hydrogen-bond acceptors (Lipinski definition) is 5. The van der Waals surface area contributed by atoms with Gasteiger partial charge in [0.15, 0.2) is 5.65 Å². The first-order chi connectivity index (χ1) is 15.7. The van der Waals surface area contributed by atoms with E-state index in [4.69, 9.17) is 0 Å². The molecule has 4 aromatic rings. The normalized spacial score (nSPS) is 14.4. The van der Waals surface area contributed by atoms with Gasteiger partial charge in [-0.05, 0) is 54.7 Å². The fourth-order valence-electron chi connectivity index (χ4n) is 4.36. The molecule has 3 heterocycles. The Morgan fingerprint density at radius 3 is 2.62 bits per heavy atom. The SMILES string of the molecule is CN(c1cccnc1)c1ccn2ncc(C(=O)Nc3ccc(C4CCCCC4)cc3)c2n1. The first-order valence-corrected chi connectivity index (χ1v) is 11.1.